The van der Waals surface area contributed by atoms with Crippen LogP contribution in [0, 0.1) is 0 Å². The van der Waals surface area contributed by atoms with E-state index in [1.165, 1.54) is 0 Å². The van der Waals surface area contributed by atoms with Gasteiger partial charge in [-0.05, 0) is 54.3 Å². The number of halogens is 1. The van der Waals surface area contributed by atoms with Gasteiger partial charge in [0.25, 0.3) is 5.91 Å². The molecule has 0 aliphatic carbocycles. The zero-order valence-electron chi connectivity index (χ0n) is 12.9. The number of hydrogen-bond donors (Lipinski definition) is 1. The fourth-order valence-electron chi connectivity index (χ4n) is 2.42. The molecule has 2 aromatic heterocycles. The summed E-state index contributed by atoms with van der Waals surface area (Å²) in [5.41, 5.74) is 0.843. The Labute approximate surface area is 142 Å². The molecule has 0 radical (unpaired) electrons. The largest absolute Gasteiger partial charge is 0.459 e. The Morgan fingerprint density at radius 2 is 2.00 bits per heavy atom. The molecule has 2 heterocycles. The summed E-state index contributed by atoms with van der Waals surface area (Å²) in [6.45, 7) is 0.421. The SMILES string of the molecule is CN(C)[C@H](CNC(=O)c1ccc(Br)o1)c1cc2ccccc2o1. The summed E-state index contributed by atoms with van der Waals surface area (Å²) in [6.07, 6.45) is 0. The van der Waals surface area contributed by atoms with Crippen LogP contribution in [-0.2, 0) is 0 Å². The number of fused-ring (bicyclic) bond motifs is 1. The van der Waals surface area contributed by atoms with Crippen molar-refractivity contribution in [3.63, 3.8) is 0 Å². The lowest BCUT2D eigenvalue weighted by atomic mass is 10.2. The minimum atomic E-state index is -0.251. The third-order valence-electron chi connectivity index (χ3n) is 3.65. The molecule has 0 saturated carbocycles. The van der Waals surface area contributed by atoms with E-state index in [-0.39, 0.29) is 17.7 Å². The van der Waals surface area contributed by atoms with Gasteiger partial charge in [0.15, 0.2) is 10.4 Å². The maximum atomic E-state index is 12.1. The molecule has 5 nitrogen and oxygen atoms in total. The van der Waals surface area contributed by atoms with Gasteiger partial charge in [0.2, 0.25) is 0 Å². The molecule has 120 valence electrons. The molecule has 6 heteroatoms. The van der Waals surface area contributed by atoms with Crippen molar-refractivity contribution in [3.8, 4) is 0 Å². The van der Waals surface area contributed by atoms with Crippen LogP contribution in [0.1, 0.15) is 22.4 Å². The minimum absolute atomic E-state index is 0.0650. The molecule has 0 spiro atoms. The molecule has 23 heavy (non-hydrogen) atoms. The van der Waals surface area contributed by atoms with Gasteiger partial charge in [-0.25, -0.2) is 0 Å². The Morgan fingerprint density at radius 3 is 2.65 bits per heavy atom. The molecule has 3 aromatic rings. The van der Waals surface area contributed by atoms with Crippen LogP contribution in [0.5, 0.6) is 0 Å². The first-order chi connectivity index (χ1) is 11.0. The minimum Gasteiger partial charge on any atom is -0.459 e. The second kappa shape index (κ2) is 6.60. The molecule has 1 N–H and O–H groups in total. The maximum absolute atomic E-state index is 12.1. The lowest BCUT2D eigenvalue weighted by Gasteiger charge is -2.22. The topological polar surface area (TPSA) is 58.6 Å². The van der Waals surface area contributed by atoms with Crippen LogP contribution in [0.2, 0.25) is 0 Å². The summed E-state index contributed by atoms with van der Waals surface area (Å²) in [7, 11) is 3.90. The highest BCUT2D eigenvalue weighted by Gasteiger charge is 2.20. The van der Waals surface area contributed by atoms with Gasteiger partial charge in [-0.1, -0.05) is 18.2 Å². The van der Waals surface area contributed by atoms with Crippen molar-refractivity contribution in [3.05, 3.63) is 58.7 Å². The number of hydrogen-bond acceptors (Lipinski definition) is 4. The molecular weight excluding hydrogens is 360 g/mol. The molecule has 3 rings (SSSR count). The van der Waals surface area contributed by atoms with Crippen molar-refractivity contribution < 1.29 is 13.6 Å². The van der Waals surface area contributed by atoms with Gasteiger partial charge < -0.3 is 14.2 Å². The van der Waals surface area contributed by atoms with E-state index >= 15 is 0 Å². The molecule has 0 aliphatic heterocycles. The van der Waals surface area contributed by atoms with Crippen molar-refractivity contribution in [2.45, 2.75) is 6.04 Å². The number of carbonyl (C=O) groups excluding carboxylic acids is 1. The molecular formula is C17H17BrN2O3. The predicted molar refractivity (Wildman–Crippen MR) is 91.4 cm³/mol. The molecule has 0 fully saturated rings. The van der Waals surface area contributed by atoms with E-state index in [1.807, 2.05) is 49.3 Å². The Kier molecular flexibility index (Phi) is 4.54. The summed E-state index contributed by atoms with van der Waals surface area (Å²) in [5.74, 6) is 0.842. The third kappa shape index (κ3) is 3.48. The van der Waals surface area contributed by atoms with Crippen LogP contribution in [0.3, 0.4) is 0 Å². The fraction of sp³-hybridized carbons (Fsp3) is 0.235. The molecule has 0 aliphatic rings. The molecule has 1 atom stereocenters. The molecule has 1 aromatic carbocycles. The number of rotatable bonds is 5. The molecule has 0 saturated heterocycles. The van der Waals surface area contributed by atoms with Crippen molar-refractivity contribution in [1.82, 2.24) is 10.2 Å². The molecule has 1 amide bonds. The lowest BCUT2D eigenvalue weighted by molar-refractivity contribution is 0.0910. The van der Waals surface area contributed by atoms with E-state index in [9.17, 15) is 4.79 Å². The Hall–Kier alpha value is -2.05. The Morgan fingerprint density at radius 1 is 1.22 bits per heavy atom. The number of carbonyl (C=O) groups is 1. The highest BCUT2D eigenvalue weighted by molar-refractivity contribution is 9.10. The van der Waals surface area contributed by atoms with Gasteiger partial charge in [-0.15, -0.1) is 0 Å². The number of benzene rings is 1. The highest BCUT2D eigenvalue weighted by Crippen LogP contribution is 2.26. The van der Waals surface area contributed by atoms with Crippen LogP contribution in [0.4, 0.5) is 0 Å². The first-order valence-corrected chi connectivity index (χ1v) is 8.02. The fourth-order valence-corrected chi connectivity index (χ4v) is 2.72. The van der Waals surface area contributed by atoms with Gasteiger partial charge in [0.05, 0.1) is 6.04 Å². The van der Waals surface area contributed by atoms with E-state index < -0.39 is 0 Å². The van der Waals surface area contributed by atoms with Crippen LogP contribution >= 0.6 is 15.9 Å². The smallest absolute Gasteiger partial charge is 0.287 e. The quantitative estimate of drug-likeness (QED) is 0.735. The first kappa shape index (κ1) is 15.8. The molecule has 0 bridgehead atoms. The molecule has 0 unspecified atom stereocenters. The van der Waals surface area contributed by atoms with E-state index in [2.05, 4.69) is 21.2 Å². The van der Waals surface area contributed by atoms with E-state index in [0.717, 1.165) is 16.7 Å². The van der Waals surface area contributed by atoms with Crippen LogP contribution in [-0.4, -0.2) is 31.4 Å². The second-order valence-corrected chi connectivity index (χ2v) is 6.26. The van der Waals surface area contributed by atoms with Gasteiger partial charge in [-0.2, -0.15) is 0 Å². The highest BCUT2D eigenvalue weighted by atomic mass is 79.9. The number of likely N-dealkylation sites (N-methyl/N-ethyl adjacent to an activating group) is 1. The number of furan rings is 2. The van der Waals surface area contributed by atoms with E-state index in [4.69, 9.17) is 8.83 Å². The summed E-state index contributed by atoms with van der Waals surface area (Å²) in [5, 5.41) is 3.93. The lowest BCUT2D eigenvalue weighted by Crippen LogP contribution is -2.34. The van der Waals surface area contributed by atoms with Crippen LogP contribution in [0.25, 0.3) is 11.0 Å². The number of amides is 1. The second-order valence-electron chi connectivity index (χ2n) is 5.48. The summed E-state index contributed by atoms with van der Waals surface area (Å²) < 4.78 is 11.7. The summed E-state index contributed by atoms with van der Waals surface area (Å²) >= 11 is 3.19. The Balaban J connectivity index is 1.75. The standard InChI is InChI=1S/C17H17BrN2O3/c1-20(2)12(10-19-17(21)14-7-8-16(18)23-14)15-9-11-5-3-4-6-13(11)22-15/h3-9,12H,10H2,1-2H3,(H,19,21)/t12-/m1/s1. The van der Waals surface area contributed by atoms with Crippen LogP contribution < -0.4 is 5.32 Å². The normalized spacial score (nSPS) is 12.7. The average molecular weight is 377 g/mol. The number of nitrogens with zero attached hydrogens (tertiary/aromatic N) is 1. The summed E-state index contributed by atoms with van der Waals surface area (Å²) in [4.78, 5) is 14.1. The third-order valence-corrected chi connectivity index (χ3v) is 4.08. The monoisotopic (exact) mass is 376 g/mol. The van der Waals surface area contributed by atoms with Gasteiger partial charge in [0.1, 0.15) is 11.3 Å². The van der Waals surface area contributed by atoms with Gasteiger partial charge >= 0.3 is 0 Å². The van der Waals surface area contributed by atoms with Crippen molar-refractivity contribution in [2.75, 3.05) is 20.6 Å². The predicted octanol–water partition coefficient (Wildman–Crippen LogP) is 3.82. The summed E-state index contributed by atoms with van der Waals surface area (Å²) in [6, 6.07) is 13.1. The zero-order chi connectivity index (χ0) is 16.4. The van der Waals surface area contributed by atoms with Gasteiger partial charge in [0, 0.05) is 11.9 Å². The van der Waals surface area contributed by atoms with Gasteiger partial charge in [-0.3, -0.25) is 9.69 Å². The van der Waals surface area contributed by atoms with Crippen LogP contribution in [0.15, 0.2) is 56.0 Å². The van der Waals surface area contributed by atoms with Crippen molar-refractivity contribution in [2.24, 2.45) is 0 Å². The maximum Gasteiger partial charge on any atom is 0.287 e. The number of para-hydroxylation sites is 1. The average Bonchev–Trinajstić information content (AvgIpc) is 3.12. The van der Waals surface area contributed by atoms with E-state index in [0.29, 0.717) is 11.2 Å². The number of nitrogens with one attached hydrogen (secondary N) is 1. The van der Waals surface area contributed by atoms with E-state index in [1.54, 1.807) is 12.1 Å². The van der Waals surface area contributed by atoms with Crippen molar-refractivity contribution >= 4 is 32.8 Å². The van der Waals surface area contributed by atoms with Crippen molar-refractivity contribution in [1.29, 1.82) is 0 Å². The zero-order valence-corrected chi connectivity index (χ0v) is 14.5. The Bertz CT molecular complexity index is 789. The first-order valence-electron chi connectivity index (χ1n) is 7.23.